The van der Waals surface area contributed by atoms with Gasteiger partial charge in [0.25, 0.3) is 15.9 Å². The third kappa shape index (κ3) is 2.95. The number of fused-ring (bicyclic) bond motifs is 1. The molecule has 0 saturated carbocycles. The number of rotatable bonds is 4. The van der Waals surface area contributed by atoms with Crippen LogP contribution >= 0.6 is 0 Å². The van der Waals surface area contributed by atoms with Crippen LogP contribution in [0.15, 0.2) is 84.3 Å². The summed E-state index contributed by atoms with van der Waals surface area (Å²) in [7, 11) is -4.19. The van der Waals surface area contributed by atoms with Gasteiger partial charge in [-0.3, -0.25) is 4.79 Å². The molecule has 0 bridgehead atoms. The largest absolute Gasteiger partial charge is 0.375 e. The molecule has 0 unspecified atom stereocenters. The molecular weight excluding hydrogens is 398 g/mol. The minimum atomic E-state index is -4.19. The maximum Gasteiger partial charge on any atom is 0.273 e. The van der Waals surface area contributed by atoms with E-state index < -0.39 is 27.1 Å². The molecule has 2 atom stereocenters. The zero-order valence-electron chi connectivity index (χ0n) is 16.9. The molecule has 1 heterocycles. The standard InChI is InChI=1S/C24H23NO4S/c1-4-23(3)16-24(27,20-12-11-18-7-5-6-8-19(18)15-20)22(26)25(23)30(28,29)21-13-9-17(2)10-14-21/h4-15,27H,1,16H2,2-3H3/t23-,24-/m0/s1. The van der Waals surface area contributed by atoms with Crippen molar-refractivity contribution in [2.24, 2.45) is 0 Å². The highest BCUT2D eigenvalue weighted by Gasteiger charge is 2.60. The molecule has 4 rings (SSSR count). The van der Waals surface area contributed by atoms with Gasteiger partial charge in [-0.2, -0.15) is 0 Å². The summed E-state index contributed by atoms with van der Waals surface area (Å²) in [6.45, 7) is 7.21. The summed E-state index contributed by atoms with van der Waals surface area (Å²) in [5, 5.41) is 13.3. The Labute approximate surface area is 176 Å². The summed E-state index contributed by atoms with van der Waals surface area (Å²) in [5.41, 5.74) is -1.99. The highest BCUT2D eigenvalue weighted by Crippen LogP contribution is 2.46. The average Bonchev–Trinajstić information content (AvgIpc) is 2.95. The number of nitrogens with zero attached hydrogens (tertiary/aromatic N) is 1. The Bertz CT molecular complexity index is 1270. The van der Waals surface area contributed by atoms with E-state index in [4.69, 9.17) is 0 Å². The maximum atomic E-state index is 13.5. The van der Waals surface area contributed by atoms with Gasteiger partial charge in [0.05, 0.1) is 10.4 Å². The molecule has 1 saturated heterocycles. The molecule has 3 aromatic rings. The predicted molar refractivity (Wildman–Crippen MR) is 116 cm³/mol. The Morgan fingerprint density at radius 3 is 2.30 bits per heavy atom. The zero-order valence-corrected chi connectivity index (χ0v) is 17.7. The predicted octanol–water partition coefficient (Wildman–Crippen LogP) is 3.90. The van der Waals surface area contributed by atoms with E-state index in [9.17, 15) is 18.3 Å². The third-order valence-corrected chi connectivity index (χ3v) is 7.77. The van der Waals surface area contributed by atoms with Crippen LogP contribution in [0.1, 0.15) is 24.5 Å². The minimum Gasteiger partial charge on any atom is -0.375 e. The van der Waals surface area contributed by atoms with E-state index >= 15 is 0 Å². The van der Waals surface area contributed by atoms with Gasteiger partial charge in [-0.25, -0.2) is 12.7 Å². The van der Waals surface area contributed by atoms with Gasteiger partial charge in [-0.05, 0) is 48.4 Å². The summed E-state index contributed by atoms with van der Waals surface area (Å²) in [4.78, 5) is 13.5. The number of aryl methyl sites for hydroxylation is 1. The first-order chi connectivity index (χ1) is 14.1. The Morgan fingerprint density at radius 2 is 1.67 bits per heavy atom. The van der Waals surface area contributed by atoms with Crippen molar-refractivity contribution in [3.05, 3.63) is 90.5 Å². The molecule has 1 aliphatic heterocycles. The first-order valence-corrected chi connectivity index (χ1v) is 11.1. The van der Waals surface area contributed by atoms with Crippen LogP contribution in [0, 0.1) is 6.92 Å². The number of amides is 1. The van der Waals surface area contributed by atoms with E-state index in [0.29, 0.717) is 5.56 Å². The lowest BCUT2D eigenvalue weighted by Crippen LogP contribution is -2.47. The van der Waals surface area contributed by atoms with Crippen LogP contribution in [0.4, 0.5) is 0 Å². The van der Waals surface area contributed by atoms with Gasteiger partial charge in [0.15, 0.2) is 5.60 Å². The van der Waals surface area contributed by atoms with Gasteiger partial charge in [0, 0.05) is 6.42 Å². The molecule has 0 radical (unpaired) electrons. The normalized spacial score (nSPS) is 24.4. The van der Waals surface area contributed by atoms with Crippen molar-refractivity contribution in [1.82, 2.24) is 4.31 Å². The van der Waals surface area contributed by atoms with Crippen molar-refractivity contribution >= 4 is 26.7 Å². The van der Waals surface area contributed by atoms with E-state index in [-0.39, 0.29) is 11.3 Å². The molecular formula is C24H23NO4S. The molecule has 1 aliphatic rings. The van der Waals surface area contributed by atoms with Crippen molar-refractivity contribution in [3.8, 4) is 0 Å². The summed E-state index contributed by atoms with van der Waals surface area (Å²) in [6, 6.07) is 19.1. The number of benzene rings is 3. The summed E-state index contributed by atoms with van der Waals surface area (Å²) >= 11 is 0. The van der Waals surface area contributed by atoms with Crippen LogP contribution in [0.5, 0.6) is 0 Å². The second-order valence-electron chi connectivity index (χ2n) is 8.05. The number of hydrogen-bond donors (Lipinski definition) is 1. The first kappa shape index (κ1) is 20.3. The number of sulfonamides is 1. The van der Waals surface area contributed by atoms with Crippen LogP contribution in [-0.4, -0.2) is 29.3 Å². The van der Waals surface area contributed by atoms with Crippen molar-refractivity contribution in [2.75, 3.05) is 0 Å². The van der Waals surface area contributed by atoms with E-state index in [1.54, 1.807) is 31.2 Å². The average molecular weight is 422 g/mol. The molecule has 0 spiro atoms. The van der Waals surface area contributed by atoms with Crippen LogP contribution in [0.25, 0.3) is 10.8 Å². The molecule has 30 heavy (non-hydrogen) atoms. The number of hydrogen-bond acceptors (Lipinski definition) is 4. The second kappa shape index (κ2) is 6.79. The van der Waals surface area contributed by atoms with Crippen molar-refractivity contribution < 1.29 is 18.3 Å². The molecule has 1 amide bonds. The van der Waals surface area contributed by atoms with Gasteiger partial charge in [-0.15, -0.1) is 6.58 Å². The van der Waals surface area contributed by atoms with Crippen molar-refractivity contribution in [3.63, 3.8) is 0 Å². The van der Waals surface area contributed by atoms with Gasteiger partial charge in [0.2, 0.25) is 0 Å². The van der Waals surface area contributed by atoms with E-state index in [2.05, 4.69) is 6.58 Å². The minimum absolute atomic E-state index is 0.00251. The highest BCUT2D eigenvalue weighted by atomic mass is 32.2. The smallest absolute Gasteiger partial charge is 0.273 e. The zero-order chi connectivity index (χ0) is 21.7. The number of carbonyl (C=O) groups is 1. The Balaban J connectivity index is 1.85. The molecule has 154 valence electrons. The van der Waals surface area contributed by atoms with Crippen LogP contribution in [0.3, 0.4) is 0 Å². The van der Waals surface area contributed by atoms with E-state index in [1.807, 2.05) is 37.3 Å². The van der Waals surface area contributed by atoms with Gasteiger partial charge in [-0.1, -0.05) is 60.2 Å². The highest BCUT2D eigenvalue weighted by molar-refractivity contribution is 7.89. The lowest BCUT2D eigenvalue weighted by atomic mass is 9.85. The maximum absolute atomic E-state index is 13.5. The molecule has 1 N–H and O–H groups in total. The Kier molecular flexibility index (Phi) is 4.60. The fourth-order valence-electron chi connectivity index (χ4n) is 4.09. The lowest BCUT2D eigenvalue weighted by Gasteiger charge is -2.30. The van der Waals surface area contributed by atoms with Crippen LogP contribution in [0.2, 0.25) is 0 Å². The number of aliphatic hydroxyl groups is 1. The van der Waals surface area contributed by atoms with Crippen molar-refractivity contribution in [2.45, 2.75) is 36.3 Å². The van der Waals surface area contributed by atoms with Crippen molar-refractivity contribution in [1.29, 1.82) is 0 Å². The van der Waals surface area contributed by atoms with E-state index in [0.717, 1.165) is 20.6 Å². The third-order valence-electron chi connectivity index (χ3n) is 5.84. The molecule has 3 aromatic carbocycles. The Morgan fingerprint density at radius 1 is 1.03 bits per heavy atom. The molecule has 0 aromatic heterocycles. The van der Waals surface area contributed by atoms with E-state index in [1.165, 1.54) is 18.2 Å². The fourth-order valence-corrected chi connectivity index (χ4v) is 5.84. The second-order valence-corrected chi connectivity index (χ2v) is 9.83. The fraction of sp³-hybridized carbons (Fsp3) is 0.208. The quantitative estimate of drug-likeness (QED) is 0.649. The topological polar surface area (TPSA) is 74.7 Å². The molecule has 0 aliphatic carbocycles. The molecule has 1 fully saturated rings. The van der Waals surface area contributed by atoms with Gasteiger partial charge < -0.3 is 5.11 Å². The van der Waals surface area contributed by atoms with Crippen LogP contribution < -0.4 is 0 Å². The first-order valence-electron chi connectivity index (χ1n) is 9.64. The van der Waals surface area contributed by atoms with Crippen LogP contribution in [-0.2, 0) is 20.4 Å². The Hall–Kier alpha value is -2.96. The monoisotopic (exact) mass is 421 g/mol. The molecule has 6 heteroatoms. The van der Waals surface area contributed by atoms with Gasteiger partial charge in [0.1, 0.15) is 0 Å². The SMILES string of the molecule is C=C[C@@]1(C)C[C@](O)(c2ccc3ccccc3c2)C(=O)N1S(=O)(=O)c1ccc(C)cc1. The molecule has 5 nitrogen and oxygen atoms in total. The number of carbonyl (C=O) groups excluding carboxylic acids is 1. The summed E-state index contributed by atoms with van der Waals surface area (Å²) < 4.78 is 27.6. The lowest BCUT2D eigenvalue weighted by molar-refractivity contribution is -0.140. The van der Waals surface area contributed by atoms with Gasteiger partial charge >= 0.3 is 0 Å². The summed E-state index contributed by atoms with van der Waals surface area (Å²) in [6.07, 6.45) is 1.29. The summed E-state index contributed by atoms with van der Waals surface area (Å²) in [5.74, 6) is -0.874.